The molecular formula is C15H13ClF3NO2. The lowest BCUT2D eigenvalue weighted by Crippen LogP contribution is -2.39. The van der Waals surface area contributed by atoms with Crippen molar-refractivity contribution in [2.45, 2.75) is 19.1 Å². The van der Waals surface area contributed by atoms with Crippen molar-refractivity contribution in [1.29, 1.82) is 0 Å². The van der Waals surface area contributed by atoms with Gasteiger partial charge in [-0.15, -0.1) is 0 Å². The Morgan fingerprint density at radius 1 is 1.18 bits per heavy atom. The fourth-order valence-corrected chi connectivity index (χ4v) is 2.16. The third-order valence-electron chi connectivity index (χ3n) is 2.95. The summed E-state index contributed by atoms with van der Waals surface area (Å²) in [5.41, 5.74) is 0.487. The van der Waals surface area contributed by atoms with Crippen LogP contribution in [-0.4, -0.2) is 23.5 Å². The number of alkyl halides is 3. The molecule has 0 spiro atoms. The van der Waals surface area contributed by atoms with E-state index < -0.39 is 18.6 Å². The van der Waals surface area contributed by atoms with Gasteiger partial charge >= 0.3 is 6.18 Å². The van der Waals surface area contributed by atoms with Crippen LogP contribution in [0.15, 0.2) is 47.1 Å². The molecule has 0 aliphatic carbocycles. The average Bonchev–Trinajstić information content (AvgIpc) is 2.92. The number of amides is 1. The molecule has 0 N–H and O–H groups in total. The van der Waals surface area contributed by atoms with Gasteiger partial charge in [0, 0.05) is 5.02 Å². The van der Waals surface area contributed by atoms with Crippen molar-refractivity contribution < 1.29 is 22.4 Å². The highest BCUT2D eigenvalue weighted by Gasteiger charge is 2.33. The number of rotatable bonds is 5. The van der Waals surface area contributed by atoms with Crippen molar-refractivity contribution in [3.63, 3.8) is 0 Å². The van der Waals surface area contributed by atoms with Gasteiger partial charge in [-0.2, -0.15) is 13.2 Å². The van der Waals surface area contributed by atoms with Crippen molar-refractivity contribution >= 4 is 17.5 Å². The molecule has 1 heterocycles. The number of nitrogens with zero attached hydrogens (tertiary/aromatic N) is 1. The Labute approximate surface area is 130 Å². The first-order chi connectivity index (χ1) is 10.3. The lowest BCUT2D eigenvalue weighted by atomic mass is 10.1. The minimum Gasteiger partial charge on any atom is -0.467 e. The minimum absolute atomic E-state index is 0.198. The molecule has 0 unspecified atom stereocenters. The van der Waals surface area contributed by atoms with Gasteiger partial charge in [0.1, 0.15) is 12.3 Å². The zero-order chi connectivity index (χ0) is 16.2. The predicted octanol–water partition coefficient (Wildman–Crippen LogP) is 4.07. The van der Waals surface area contributed by atoms with Gasteiger partial charge in [-0.25, -0.2) is 0 Å². The van der Waals surface area contributed by atoms with E-state index in [2.05, 4.69) is 0 Å². The molecule has 7 heteroatoms. The fraction of sp³-hybridized carbons (Fsp3) is 0.267. The Hall–Kier alpha value is -1.95. The molecule has 0 aliphatic heterocycles. The summed E-state index contributed by atoms with van der Waals surface area (Å²) in [7, 11) is 0. The van der Waals surface area contributed by atoms with Crippen LogP contribution in [0, 0.1) is 0 Å². The van der Waals surface area contributed by atoms with E-state index in [9.17, 15) is 18.0 Å². The summed E-state index contributed by atoms with van der Waals surface area (Å²) in [6, 6.07) is 9.64. The lowest BCUT2D eigenvalue weighted by Gasteiger charge is -2.23. The van der Waals surface area contributed by atoms with E-state index in [1.165, 1.54) is 12.3 Å². The van der Waals surface area contributed by atoms with E-state index in [-0.39, 0.29) is 18.7 Å². The Morgan fingerprint density at radius 3 is 2.50 bits per heavy atom. The summed E-state index contributed by atoms with van der Waals surface area (Å²) in [5, 5.41) is 0.348. The molecule has 22 heavy (non-hydrogen) atoms. The normalized spacial score (nSPS) is 11.5. The van der Waals surface area contributed by atoms with Crippen molar-refractivity contribution in [2.24, 2.45) is 0 Å². The molecule has 0 atom stereocenters. The molecule has 2 aromatic rings. The van der Waals surface area contributed by atoms with E-state index >= 15 is 0 Å². The molecule has 1 amide bonds. The Kier molecular flexibility index (Phi) is 5.13. The molecule has 0 bridgehead atoms. The van der Waals surface area contributed by atoms with Crippen LogP contribution in [0.5, 0.6) is 0 Å². The Balaban J connectivity index is 2.13. The molecule has 2 rings (SSSR count). The van der Waals surface area contributed by atoms with E-state index in [1.807, 2.05) is 0 Å². The second-order valence-corrected chi connectivity index (χ2v) is 5.12. The molecule has 1 aromatic carbocycles. The van der Waals surface area contributed by atoms with Gasteiger partial charge in [-0.1, -0.05) is 29.8 Å². The fourth-order valence-electron chi connectivity index (χ4n) is 1.96. The van der Waals surface area contributed by atoms with E-state index in [4.69, 9.17) is 16.0 Å². The van der Waals surface area contributed by atoms with Crippen molar-refractivity contribution in [3.05, 3.63) is 59.0 Å². The van der Waals surface area contributed by atoms with Crippen molar-refractivity contribution in [1.82, 2.24) is 4.90 Å². The van der Waals surface area contributed by atoms with Crippen molar-refractivity contribution in [2.75, 3.05) is 6.54 Å². The van der Waals surface area contributed by atoms with Gasteiger partial charge in [-0.3, -0.25) is 4.79 Å². The van der Waals surface area contributed by atoms with Gasteiger partial charge in [-0.05, 0) is 23.8 Å². The minimum atomic E-state index is -4.48. The van der Waals surface area contributed by atoms with Gasteiger partial charge in [0.15, 0.2) is 0 Å². The van der Waals surface area contributed by atoms with Crippen LogP contribution in [0.25, 0.3) is 0 Å². The molecule has 118 valence electrons. The van der Waals surface area contributed by atoms with Gasteiger partial charge in [0.05, 0.1) is 19.2 Å². The van der Waals surface area contributed by atoms with E-state index in [0.717, 1.165) is 0 Å². The number of hydrogen-bond acceptors (Lipinski definition) is 2. The molecule has 0 saturated heterocycles. The third kappa shape index (κ3) is 4.80. The maximum Gasteiger partial charge on any atom is 0.406 e. The molecular weight excluding hydrogens is 319 g/mol. The quantitative estimate of drug-likeness (QED) is 0.827. The highest BCUT2D eigenvalue weighted by atomic mass is 35.5. The maximum absolute atomic E-state index is 12.7. The number of hydrogen-bond donors (Lipinski definition) is 0. The van der Waals surface area contributed by atoms with E-state index in [0.29, 0.717) is 15.5 Å². The summed E-state index contributed by atoms with van der Waals surface area (Å²) < 4.78 is 43.0. The van der Waals surface area contributed by atoms with Gasteiger partial charge in [0.2, 0.25) is 5.91 Å². The zero-order valence-corrected chi connectivity index (χ0v) is 12.2. The van der Waals surface area contributed by atoms with Gasteiger partial charge in [0.25, 0.3) is 0 Å². The first-order valence-corrected chi connectivity index (χ1v) is 6.83. The van der Waals surface area contributed by atoms with Gasteiger partial charge < -0.3 is 9.32 Å². The summed E-state index contributed by atoms with van der Waals surface area (Å²) in [5.74, 6) is -0.376. The van der Waals surface area contributed by atoms with Crippen LogP contribution >= 0.6 is 11.6 Å². The maximum atomic E-state index is 12.7. The SMILES string of the molecule is O=C(Cc1ccccc1Cl)N(Cc1ccco1)CC(F)(F)F. The van der Waals surface area contributed by atoms with Crippen LogP contribution in [-0.2, 0) is 17.8 Å². The van der Waals surface area contributed by atoms with Crippen LogP contribution in [0.2, 0.25) is 5.02 Å². The lowest BCUT2D eigenvalue weighted by molar-refractivity contribution is -0.162. The van der Waals surface area contributed by atoms with Crippen LogP contribution < -0.4 is 0 Å². The van der Waals surface area contributed by atoms with Crippen LogP contribution in [0.4, 0.5) is 13.2 Å². The highest BCUT2D eigenvalue weighted by Crippen LogP contribution is 2.21. The Bertz CT molecular complexity index is 626. The average molecular weight is 332 g/mol. The molecule has 1 aromatic heterocycles. The summed E-state index contributed by atoms with van der Waals surface area (Å²) in [4.78, 5) is 12.9. The van der Waals surface area contributed by atoms with Crippen molar-refractivity contribution in [3.8, 4) is 0 Å². The predicted molar refractivity (Wildman–Crippen MR) is 75.3 cm³/mol. The standard InChI is InChI=1S/C15H13ClF3NO2/c16-13-6-2-1-4-11(13)8-14(21)20(10-15(17,18)19)9-12-5-3-7-22-12/h1-7H,8-10H2. The topological polar surface area (TPSA) is 33.5 Å². The smallest absolute Gasteiger partial charge is 0.406 e. The first kappa shape index (κ1) is 16.4. The summed E-state index contributed by atoms with van der Waals surface area (Å²) in [6.07, 6.45) is -3.33. The van der Waals surface area contributed by atoms with Crippen LogP contribution in [0.1, 0.15) is 11.3 Å². The van der Waals surface area contributed by atoms with Crippen LogP contribution in [0.3, 0.4) is 0 Å². The number of furan rings is 1. The first-order valence-electron chi connectivity index (χ1n) is 6.45. The molecule has 3 nitrogen and oxygen atoms in total. The third-order valence-corrected chi connectivity index (χ3v) is 3.32. The number of benzene rings is 1. The summed E-state index contributed by atoms with van der Waals surface area (Å²) in [6.45, 7) is -1.58. The number of carbonyl (C=O) groups is 1. The Morgan fingerprint density at radius 2 is 1.91 bits per heavy atom. The molecule has 0 aliphatic rings. The zero-order valence-electron chi connectivity index (χ0n) is 11.4. The molecule has 0 radical (unpaired) electrons. The monoisotopic (exact) mass is 331 g/mol. The number of halogens is 4. The molecule has 0 fully saturated rings. The highest BCUT2D eigenvalue weighted by molar-refractivity contribution is 6.31. The van der Waals surface area contributed by atoms with E-state index in [1.54, 1.807) is 30.3 Å². The number of carbonyl (C=O) groups excluding carboxylic acids is 1. The molecule has 0 saturated carbocycles. The summed E-state index contributed by atoms with van der Waals surface area (Å²) >= 11 is 5.94. The second kappa shape index (κ2) is 6.87. The largest absolute Gasteiger partial charge is 0.467 e. The second-order valence-electron chi connectivity index (χ2n) is 4.71.